The van der Waals surface area contributed by atoms with Gasteiger partial charge in [0.25, 0.3) is 10.1 Å². The predicted molar refractivity (Wildman–Crippen MR) is 87.3 cm³/mol. The number of nitriles is 1. The molecule has 10 heteroatoms. The van der Waals surface area contributed by atoms with E-state index in [1.165, 1.54) is 30.9 Å². The molecule has 9 nitrogen and oxygen atoms in total. The average Bonchev–Trinajstić information content (AvgIpc) is 2.89. The molecular formula is C15H15N3O6S. The van der Waals surface area contributed by atoms with Crippen molar-refractivity contribution in [1.29, 1.82) is 5.26 Å². The highest BCUT2D eigenvalue weighted by Crippen LogP contribution is 2.33. The van der Waals surface area contributed by atoms with Gasteiger partial charge in [-0.1, -0.05) is 0 Å². The summed E-state index contributed by atoms with van der Waals surface area (Å²) in [4.78, 5) is 11.7. The van der Waals surface area contributed by atoms with Gasteiger partial charge in [-0.2, -0.15) is 13.7 Å². The van der Waals surface area contributed by atoms with Gasteiger partial charge in [0.2, 0.25) is 0 Å². The van der Waals surface area contributed by atoms with Crippen LogP contribution >= 0.6 is 0 Å². The van der Waals surface area contributed by atoms with E-state index in [1.54, 1.807) is 0 Å². The maximum absolute atomic E-state index is 12.1. The van der Waals surface area contributed by atoms with Crippen LogP contribution in [0.25, 0.3) is 5.69 Å². The number of rotatable bonds is 4. The summed E-state index contributed by atoms with van der Waals surface area (Å²) in [5, 5.41) is 9.15. The molecule has 2 aromatic rings. The fourth-order valence-electron chi connectivity index (χ4n) is 2.39. The standard InChI is InChI=1S/C15H15N3O6S/c1-8-4-10(11(23-2)5-12(8)25(20,21)22)18-7-9(6-16)13(17)14(18)15(19)24-3/h4-5,7H,17H2,1-3H3,(H,20,21,22). The van der Waals surface area contributed by atoms with Gasteiger partial charge in [0, 0.05) is 12.3 Å². The van der Waals surface area contributed by atoms with Crippen molar-refractivity contribution in [1.82, 2.24) is 4.57 Å². The second-order valence-electron chi connectivity index (χ2n) is 5.04. The lowest BCUT2D eigenvalue weighted by Gasteiger charge is -2.15. The summed E-state index contributed by atoms with van der Waals surface area (Å²) in [7, 11) is -2.01. The molecule has 1 aromatic heterocycles. The number of aromatic nitrogens is 1. The number of anilines is 1. The summed E-state index contributed by atoms with van der Waals surface area (Å²) in [6, 6.07) is 4.36. The van der Waals surface area contributed by atoms with Gasteiger partial charge in [-0.3, -0.25) is 4.55 Å². The molecule has 0 bridgehead atoms. The Bertz CT molecular complexity index is 1000. The fraction of sp³-hybridized carbons (Fsp3) is 0.200. The first-order valence-corrected chi connectivity index (χ1v) is 8.25. The van der Waals surface area contributed by atoms with Crippen LogP contribution in [0, 0.1) is 18.3 Å². The Labute approximate surface area is 143 Å². The third-order valence-electron chi connectivity index (χ3n) is 3.56. The van der Waals surface area contributed by atoms with Crippen LogP contribution in [-0.4, -0.2) is 37.7 Å². The number of nitrogens with two attached hydrogens (primary N) is 1. The van der Waals surface area contributed by atoms with Crippen LogP contribution in [0.2, 0.25) is 0 Å². The van der Waals surface area contributed by atoms with Crippen molar-refractivity contribution in [3.63, 3.8) is 0 Å². The molecule has 1 aromatic carbocycles. The number of ether oxygens (including phenoxy) is 2. The summed E-state index contributed by atoms with van der Waals surface area (Å²) in [6.45, 7) is 1.46. The number of carbonyl (C=O) groups excluding carboxylic acids is 1. The second kappa shape index (κ2) is 6.46. The molecule has 0 aliphatic rings. The molecule has 3 N–H and O–H groups in total. The van der Waals surface area contributed by atoms with Crippen LogP contribution in [-0.2, 0) is 14.9 Å². The van der Waals surface area contributed by atoms with E-state index in [1.807, 2.05) is 6.07 Å². The van der Waals surface area contributed by atoms with Gasteiger partial charge < -0.3 is 19.8 Å². The Morgan fingerprint density at radius 2 is 2.00 bits per heavy atom. The highest BCUT2D eigenvalue weighted by atomic mass is 32.2. The number of benzene rings is 1. The minimum atomic E-state index is -4.46. The lowest BCUT2D eigenvalue weighted by molar-refractivity contribution is 0.0593. The maximum atomic E-state index is 12.1. The number of aryl methyl sites for hydroxylation is 1. The predicted octanol–water partition coefficient (Wildman–Crippen LogP) is 1.28. The normalized spacial score (nSPS) is 11.0. The lowest BCUT2D eigenvalue weighted by Crippen LogP contribution is -2.12. The van der Waals surface area contributed by atoms with Crippen LogP contribution in [0.4, 0.5) is 5.69 Å². The third kappa shape index (κ3) is 3.15. The molecule has 0 saturated heterocycles. The highest BCUT2D eigenvalue weighted by molar-refractivity contribution is 7.85. The Kier molecular flexibility index (Phi) is 4.73. The minimum Gasteiger partial charge on any atom is -0.495 e. The van der Waals surface area contributed by atoms with Crippen molar-refractivity contribution in [3.8, 4) is 17.5 Å². The SMILES string of the molecule is COC(=O)c1c(N)c(C#N)cn1-c1cc(C)c(S(=O)(=O)O)cc1OC. The molecule has 0 spiro atoms. The van der Waals surface area contributed by atoms with Crippen LogP contribution in [0.1, 0.15) is 21.6 Å². The summed E-state index contributed by atoms with van der Waals surface area (Å²) >= 11 is 0. The Morgan fingerprint density at radius 1 is 1.36 bits per heavy atom. The summed E-state index contributed by atoms with van der Waals surface area (Å²) in [5.41, 5.74) is 6.16. The van der Waals surface area contributed by atoms with E-state index in [9.17, 15) is 17.8 Å². The molecule has 0 unspecified atom stereocenters. The van der Waals surface area contributed by atoms with Gasteiger partial charge in [0.1, 0.15) is 16.7 Å². The highest BCUT2D eigenvalue weighted by Gasteiger charge is 2.25. The van der Waals surface area contributed by atoms with Crippen molar-refractivity contribution in [2.24, 2.45) is 0 Å². The monoisotopic (exact) mass is 365 g/mol. The Balaban J connectivity index is 2.86. The van der Waals surface area contributed by atoms with Crippen molar-refractivity contribution in [2.75, 3.05) is 20.0 Å². The Hall–Kier alpha value is -3.03. The molecule has 0 aliphatic carbocycles. The average molecular weight is 365 g/mol. The molecule has 25 heavy (non-hydrogen) atoms. The Morgan fingerprint density at radius 3 is 2.48 bits per heavy atom. The first kappa shape index (κ1) is 18.3. The number of hydrogen-bond acceptors (Lipinski definition) is 7. The smallest absolute Gasteiger partial charge is 0.357 e. The van der Waals surface area contributed by atoms with Crippen LogP contribution in [0.15, 0.2) is 23.2 Å². The molecule has 0 amide bonds. The molecular weight excluding hydrogens is 350 g/mol. The topological polar surface area (TPSA) is 145 Å². The molecule has 0 saturated carbocycles. The van der Waals surface area contributed by atoms with E-state index < -0.39 is 16.1 Å². The quantitative estimate of drug-likeness (QED) is 0.609. The zero-order valence-electron chi connectivity index (χ0n) is 13.6. The number of carbonyl (C=O) groups is 1. The first-order valence-electron chi connectivity index (χ1n) is 6.81. The zero-order chi connectivity index (χ0) is 18.9. The molecule has 0 fully saturated rings. The van der Waals surface area contributed by atoms with E-state index >= 15 is 0 Å². The number of nitrogens with zero attached hydrogens (tertiary/aromatic N) is 2. The molecule has 1 heterocycles. The van der Waals surface area contributed by atoms with Gasteiger partial charge in [-0.25, -0.2) is 4.79 Å². The van der Waals surface area contributed by atoms with Gasteiger partial charge in [0.05, 0.1) is 31.2 Å². The third-order valence-corrected chi connectivity index (χ3v) is 4.55. The number of methoxy groups -OCH3 is 2. The minimum absolute atomic E-state index is 0.0407. The van der Waals surface area contributed by atoms with Crippen molar-refractivity contribution < 1.29 is 27.2 Å². The number of nitrogen functional groups attached to an aromatic ring is 1. The molecule has 2 rings (SSSR count). The largest absolute Gasteiger partial charge is 0.495 e. The van der Waals surface area contributed by atoms with E-state index in [2.05, 4.69) is 0 Å². The fourth-order valence-corrected chi connectivity index (χ4v) is 3.11. The van der Waals surface area contributed by atoms with Crippen molar-refractivity contribution in [3.05, 3.63) is 35.2 Å². The molecule has 0 atom stereocenters. The van der Waals surface area contributed by atoms with E-state index in [4.69, 9.17) is 20.5 Å². The summed E-state index contributed by atoms with van der Waals surface area (Å²) < 4.78 is 43.3. The van der Waals surface area contributed by atoms with Crippen LogP contribution in [0.3, 0.4) is 0 Å². The first-order chi connectivity index (χ1) is 11.6. The van der Waals surface area contributed by atoms with Crippen LogP contribution in [0.5, 0.6) is 5.75 Å². The van der Waals surface area contributed by atoms with Gasteiger partial charge >= 0.3 is 5.97 Å². The van der Waals surface area contributed by atoms with E-state index in [-0.39, 0.29) is 38.8 Å². The van der Waals surface area contributed by atoms with Gasteiger partial charge in [0.15, 0.2) is 5.69 Å². The van der Waals surface area contributed by atoms with Crippen molar-refractivity contribution in [2.45, 2.75) is 11.8 Å². The van der Waals surface area contributed by atoms with Gasteiger partial charge in [-0.15, -0.1) is 0 Å². The molecule has 132 valence electrons. The second-order valence-corrected chi connectivity index (χ2v) is 6.43. The van der Waals surface area contributed by atoms with E-state index in [0.29, 0.717) is 0 Å². The summed E-state index contributed by atoms with van der Waals surface area (Å²) in [6.07, 6.45) is 1.31. The number of hydrogen-bond donors (Lipinski definition) is 2. The molecule has 0 radical (unpaired) electrons. The summed E-state index contributed by atoms with van der Waals surface area (Å²) in [5.74, 6) is -0.736. The van der Waals surface area contributed by atoms with Gasteiger partial charge in [-0.05, 0) is 18.6 Å². The van der Waals surface area contributed by atoms with Crippen molar-refractivity contribution >= 4 is 21.8 Å². The lowest BCUT2D eigenvalue weighted by atomic mass is 10.2. The maximum Gasteiger partial charge on any atom is 0.357 e. The molecule has 0 aliphatic heterocycles. The zero-order valence-corrected chi connectivity index (χ0v) is 14.4. The number of esters is 1. The van der Waals surface area contributed by atoms with Crippen LogP contribution < -0.4 is 10.5 Å². The van der Waals surface area contributed by atoms with E-state index in [0.717, 1.165) is 13.2 Å².